The minimum Gasteiger partial charge on any atom is -0.356 e. The molecule has 0 spiro atoms. The Balaban J connectivity index is 0.00000400. The number of amides is 3. The van der Waals surface area contributed by atoms with Gasteiger partial charge in [-0.3, -0.25) is 14.7 Å². The van der Waals surface area contributed by atoms with Crippen molar-refractivity contribution >= 4 is 41.9 Å². The van der Waals surface area contributed by atoms with E-state index in [4.69, 9.17) is 0 Å². The molecule has 122 valence electrons. The van der Waals surface area contributed by atoms with Crippen LogP contribution < -0.4 is 16.0 Å². The van der Waals surface area contributed by atoms with Crippen LogP contribution in [0.25, 0.3) is 0 Å². The molecule has 1 fully saturated rings. The first-order valence-corrected chi connectivity index (χ1v) is 7.07. The average molecular weight is 411 g/mol. The third kappa shape index (κ3) is 7.49. The fourth-order valence-corrected chi connectivity index (χ4v) is 1.91. The standard InChI is InChI=1S/C13H25N5O2.HI/c1-10(2)5-4-6-15-12(14-3)16-7-8-18-11(19)9-17-13(18)20;/h10H,4-9H2,1-3H3,(H,17,20)(H2,14,15,16);1H. The molecule has 1 heterocycles. The van der Waals surface area contributed by atoms with E-state index in [0.717, 1.165) is 13.0 Å². The molecule has 21 heavy (non-hydrogen) atoms. The van der Waals surface area contributed by atoms with Crippen LogP contribution in [0.5, 0.6) is 0 Å². The summed E-state index contributed by atoms with van der Waals surface area (Å²) in [6.45, 7) is 6.19. The lowest BCUT2D eigenvalue weighted by Gasteiger charge is -2.15. The highest BCUT2D eigenvalue weighted by Crippen LogP contribution is 2.01. The Labute approximate surface area is 143 Å². The number of rotatable bonds is 7. The number of aliphatic imine (C=N–C) groups is 1. The lowest BCUT2D eigenvalue weighted by Crippen LogP contribution is -2.43. The molecule has 0 saturated carbocycles. The summed E-state index contributed by atoms with van der Waals surface area (Å²) in [7, 11) is 1.70. The highest BCUT2D eigenvalue weighted by Gasteiger charge is 2.27. The van der Waals surface area contributed by atoms with Crippen LogP contribution in [0.15, 0.2) is 4.99 Å². The van der Waals surface area contributed by atoms with Crippen molar-refractivity contribution in [2.75, 3.05) is 33.2 Å². The first kappa shape index (κ1) is 19.9. The maximum Gasteiger partial charge on any atom is 0.324 e. The number of hydrogen-bond acceptors (Lipinski definition) is 3. The van der Waals surface area contributed by atoms with Gasteiger partial charge in [0.2, 0.25) is 5.91 Å². The van der Waals surface area contributed by atoms with Crippen LogP contribution >= 0.6 is 24.0 Å². The maximum atomic E-state index is 11.4. The van der Waals surface area contributed by atoms with Crippen molar-refractivity contribution < 1.29 is 9.59 Å². The topological polar surface area (TPSA) is 85.8 Å². The maximum absolute atomic E-state index is 11.4. The van der Waals surface area contributed by atoms with Crippen molar-refractivity contribution in [1.82, 2.24) is 20.9 Å². The van der Waals surface area contributed by atoms with Gasteiger partial charge in [0.1, 0.15) is 0 Å². The van der Waals surface area contributed by atoms with E-state index in [0.29, 0.717) is 25.0 Å². The minimum atomic E-state index is -0.323. The zero-order valence-electron chi connectivity index (χ0n) is 12.9. The molecule has 8 heteroatoms. The van der Waals surface area contributed by atoms with Gasteiger partial charge < -0.3 is 16.0 Å². The van der Waals surface area contributed by atoms with Crippen LogP contribution in [-0.4, -0.2) is 56.0 Å². The summed E-state index contributed by atoms with van der Waals surface area (Å²) in [4.78, 5) is 28.0. The van der Waals surface area contributed by atoms with Gasteiger partial charge in [0.15, 0.2) is 5.96 Å². The Bertz CT molecular complexity index is 358. The minimum absolute atomic E-state index is 0. The Hall–Kier alpha value is -1.06. The van der Waals surface area contributed by atoms with Gasteiger partial charge in [-0.1, -0.05) is 13.8 Å². The van der Waals surface area contributed by atoms with Crippen molar-refractivity contribution in [2.45, 2.75) is 26.7 Å². The molecule has 0 radical (unpaired) electrons. The van der Waals surface area contributed by atoms with Gasteiger partial charge in [0, 0.05) is 26.7 Å². The number of halogens is 1. The Morgan fingerprint density at radius 3 is 2.52 bits per heavy atom. The predicted octanol–water partition coefficient (Wildman–Crippen LogP) is 0.757. The van der Waals surface area contributed by atoms with E-state index in [9.17, 15) is 9.59 Å². The van der Waals surface area contributed by atoms with Gasteiger partial charge in [-0.05, 0) is 18.8 Å². The third-order valence-electron chi connectivity index (χ3n) is 3.04. The molecule has 0 bridgehead atoms. The largest absolute Gasteiger partial charge is 0.356 e. The lowest BCUT2D eigenvalue weighted by atomic mass is 10.1. The van der Waals surface area contributed by atoms with Crippen molar-refractivity contribution in [3.05, 3.63) is 0 Å². The Morgan fingerprint density at radius 1 is 1.33 bits per heavy atom. The van der Waals surface area contributed by atoms with Gasteiger partial charge >= 0.3 is 6.03 Å². The summed E-state index contributed by atoms with van der Waals surface area (Å²) in [6, 6.07) is -0.323. The number of nitrogens with zero attached hydrogens (tertiary/aromatic N) is 2. The third-order valence-corrected chi connectivity index (χ3v) is 3.04. The second-order valence-corrected chi connectivity index (χ2v) is 5.17. The SMILES string of the molecule is CN=C(NCCCC(C)C)NCCN1C(=O)CNC1=O.I. The molecule has 1 rings (SSSR count). The molecule has 1 aliphatic heterocycles. The molecule has 0 atom stereocenters. The number of urea groups is 1. The monoisotopic (exact) mass is 411 g/mol. The van der Waals surface area contributed by atoms with Gasteiger partial charge in [-0.2, -0.15) is 0 Å². The summed E-state index contributed by atoms with van der Waals surface area (Å²) in [6.07, 6.45) is 2.26. The van der Waals surface area contributed by atoms with Gasteiger partial charge in [0.05, 0.1) is 6.54 Å². The molecule has 0 aliphatic carbocycles. The summed E-state index contributed by atoms with van der Waals surface area (Å²) in [5, 5.41) is 8.79. The van der Waals surface area contributed by atoms with Crippen LogP contribution in [0, 0.1) is 5.92 Å². The molecule has 1 saturated heterocycles. The van der Waals surface area contributed by atoms with Gasteiger partial charge in [0.25, 0.3) is 0 Å². The van der Waals surface area contributed by atoms with E-state index < -0.39 is 0 Å². The molecule has 1 aliphatic rings. The summed E-state index contributed by atoms with van der Waals surface area (Å²) >= 11 is 0. The molecule has 0 aromatic carbocycles. The van der Waals surface area contributed by atoms with E-state index >= 15 is 0 Å². The first-order chi connectivity index (χ1) is 9.54. The summed E-state index contributed by atoms with van der Waals surface area (Å²) in [5.41, 5.74) is 0. The van der Waals surface area contributed by atoms with E-state index in [1.54, 1.807) is 7.05 Å². The molecule has 3 N–H and O–H groups in total. The van der Waals surface area contributed by atoms with Crippen molar-refractivity contribution in [1.29, 1.82) is 0 Å². The predicted molar refractivity (Wildman–Crippen MR) is 94.0 cm³/mol. The van der Waals surface area contributed by atoms with Crippen molar-refractivity contribution in [2.24, 2.45) is 10.9 Å². The lowest BCUT2D eigenvalue weighted by molar-refractivity contribution is -0.124. The number of nitrogens with one attached hydrogen (secondary N) is 3. The number of carbonyl (C=O) groups is 2. The molecular weight excluding hydrogens is 385 g/mol. The molecule has 0 aromatic heterocycles. The smallest absolute Gasteiger partial charge is 0.324 e. The fraction of sp³-hybridized carbons (Fsp3) is 0.769. The molecule has 7 nitrogen and oxygen atoms in total. The number of guanidine groups is 1. The van der Waals surface area contributed by atoms with Gasteiger partial charge in [-0.15, -0.1) is 24.0 Å². The second-order valence-electron chi connectivity index (χ2n) is 5.17. The van der Waals surface area contributed by atoms with E-state index in [1.807, 2.05) is 0 Å². The molecular formula is C13H26IN5O2. The van der Waals surface area contributed by atoms with Crippen molar-refractivity contribution in [3.8, 4) is 0 Å². The number of imide groups is 1. The molecule has 3 amide bonds. The molecule has 0 aromatic rings. The van der Waals surface area contributed by atoms with Crippen LogP contribution in [0.2, 0.25) is 0 Å². The highest BCUT2D eigenvalue weighted by molar-refractivity contribution is 14.0. The quantitative estimate of drug-likeness (QED) is 0.190. The van der Waals surface area contributed by atoms with Gasteiger partial charge in [-0.25, -0.2) is 4.79 Å². The zero-order valence-corrected chi connectivity index (χ0v) is 15.3. The molecule has 0 unspecified atom stereocenters. The van der Waals surface area contributed by atoms with Crippen LogP contribution in [0.3, 0.4) is 0 Å². The second kappa shape index (κ2) is 10.6. The Kier molecular flexibility index (Phi) is 10.1. The van der Waals surface area contributed by atoms with Crippen LogP contribution in [0.4, 0.5) is 4.79 Å². The summed E-state index contributed by atoms with van der Waals surface area (Å²) in [5.74, 6) is 1.21. The Morgan fingerprint density at radius 2 is 2.00 bits per heavy atom. The average Bonchev–Trinajstić information content (AvgIpc) is 2.72. The first-order valence-electron chi connectivity index (χ1n) is 7.07. The normalized spacial score (nSPS) is 15.0. The van der Waals surface area contributed by atoms with E-state index in [1.165, 1.54) is 11.3 Å². The van der Waals surface area contributed by atoms with Crippen molar-refractivity contribution in [3.63, 3.8) is 0 Å². The van der Waals surface area contributed by atoms with Crippen LogP contribution in [-0.2, 0) is 4.79 Å². The zero-order chi connectivity index (χ0) is 15.0. The highest BCUT2D eigenvalue weighted by atomic mass is 127. The number of hydrogen-bond donors (Lipinski definition) is 3. The van der Waals surface area contributed by atoms with E-state index in [2.05, 4.69) is 34.8 Å². The van der Waals surface area contributed by atoms with E-state index in [-0.39, 0.29) is 42.5 Å². The number of carbonyl (C=O) groups excluding carboxylic acids is 2. The summed E-state index contributed by atoms with van der Waals surface area (Å²) < 4.78 is 0. The van der Waals surface area contributed by atoms with Crippen LogP contribution in [0.1, 0.15) is 26.7 Å². The fourth-order valence-electron chi connectivity index (χ4n) is 1.91.